The molecular formula is C15H17N3O. The third-order valence-electron chi connectivity index (χ3n) is 2.48. The van der Waals surface area contributed by atoms with Crippen LogP contribution in [-0.2, 0) is 6.54 Å². The second-order valence-corrected chi connectivity index (χ2v) is 4.00. The number of hydrogen-bond acceptors (Lipinski definition) is 4. The fourth-order valence-corrected chi connectivity index (χ4v) is 1.57. The maximum atomic E-state index is 5.48. The average Bonchev–Trinajstić information content (AvgIpc) is 2.47. The van der Waals surface area contributed by atoms with Crippen molar-refractivity contribution < 1.29 is 4.74 Å². The molecule has 0 fully saturated rings. The predicted molar refractivity (Wildman–Crippen MR) is 75.8 cm³/mol. The van der Waals surface area contributed by atoms with E-state index in [1.165, 1.54) is 0 Å². The van der Waals surface area contributed by atoms with Crippen molar-refractivity contribution in [2.45, 2.75) is 6.54 Å². The smallest absolute Gasteiger partial charge is 0.232 e. The van der Waals surface area contributed by atoms with Crippen LogP contribution in [0.2, 0.25) is 0 Å². The molecular weight excluding hydrogens is 238 g/mol. The third kappa shape index (κ3) is 4.52. The van der Waals surface area contributed by atoms with E-state index in [1.807, 2.05) is 49.5 Å². The summed E-state index contributed by atoms with van der Waals surface area (Å²) in [5.41, 5.74) is 2.05. The van der Waals surface area contributed by atoms with Crippen molar-refractivity contribution in [2.24, 2.45) is 0 Å². The van der Waals surface area contributed by atoms with Gasteiger partial charge in [0.1, 0.15) is 6.61 Å². The molecule has 2 rings (SSSR count). The standard InChI is InChI=1S/C15H17N3O/c1-16-10-14-11-18-15(12-17-14)19-9-5-8-13-6-3-2-4-7-13/h2-8,11-12,16H,9-10H2,1H3/b8-5+. The van der Waals surface area contributed by atoms with Gasteiger partial charge in [-0.2, -0.15) is 0 Å². The number of benzene rings is 1. The second kappa shape index (κ2) is 7.28. The number of nitrogens with zero attached hydrogens (tertiary/aromatic N) is 2. The van der Waals surface area contributed by atoms with E-state index in [0.717, 1.165) is 11.3 Å². The molecule has 0 bridgehead atoms. The lowest BCUT2D eigenvalue weighted by Crippen LogP contribution is -2.07. The maximum absolute atomic E-state index is 5.48. The molecule has 4 nitrogen and oxygen atoms in total. The first-order chi connectivity index (χ1) is 9.38. The van der Waals surface area contributed by atoms with E-state index < -0.39 is 0 Å². The van der Waals surface area contributed by atoms with E-state index >= 15 is 0 Å². The molecule has 1 aromatic heterocycles. The first-order valence-corrected chi connectivity index (χ1v) is 6.18. The van der Waals surface area contributed by atoms with Crippen LogP contribution in [0.25, 0.3) is 6.08 Å². The van der Waals surface area contributed by atoms with Gasteiger partial charge in [0.2, 0.25) is 5.88 Å². The van der Waals surface area contributed by atoms with Crippen LogP contribution in [0, 0.1) is 0 Å². The Morgan fingerprint density at radius 3 is 2.68 bits per heavy atom. The van der Waals surface area contributed by atoms with Crippen LogP contribution in [-0.4, -0.2) is 23.6 Å². The zero-order valence-electron chi connectivity index (χ0n) is 10.9. The summed E-state index contributed by atoms with van der Waals surface area (Å²) in [5.74, 6) is 0.539. The average molecular weight is 255 g/mol. The van der Waals surface area contributed by atoms with Gasteiger partial charge in [-0.3, -0.25) is 4.98 Å². The van der Waals surface area contributed by atoms with Crippen molar-refractivity contribution in [3.8, 4) is 5.88 Å². The van der Waals surface area contributed by atoms with E-state index in [9.17, 15) is 0 Å². The molecule has 0 atom stereocenters. The van der Waals surface area contributed by atoms with Crippen molar-refractivity contribution in [1.29, 1.82) is 0 Å². The molecule has 1 N–H and O–H groups in total. The van der Waals surface area contributed by atoms with Crippen LogP contribution in [0.4, 0.5) is 0 Å². The summed E-state index contributed by atoms with van der Waals surface area (Å²) in [6.45, 7) is 1.19. The summed E-state index contributed by atoms with van der Waals surface area (Å²) >= 11 is 0. The number of rotatable bonds is 6. The third-order valence-corrected chi connectivity index (χ3v) is 2.48. The van der Waals surface area contributed by atoms with E-state index in [2.05, 4.69) is 15.3 Å². The molecule has 0 aliphatic carbocycles. The van der Waals surface area contributed by atoms with Crippen LogP contribution < -0.4 is 10.1 Å². The monoisotopic (exact) mass is 255 g/mol. The minimum Gasteiger partial charge on any atom is -0.472 e. The minimum atomic E-state index is 0.481. The van der Waals surface area contributed by atoms with E-state index in [-0.39, 0.29) is 0 Å². The highest BCUT2D eigenvalue weighted by Gasteiger charge is 1.96. The molecule has 0 aliphatic rings. The van der Waals surface area contributed by atoms with Crippen molar-refractivity contribution in [2.75, 3.05) is 13.7 Å². The highest BCUT2D eigenvalue weighted by molar-refractivity contribution is 5.48. The van der Waals surface area contributed by atoms with Gasteiger partial charge in [0, 0.05) is 6.54 Å². The summed E-state index contributed by atoms with van der Waals surface area (Å²) in [6, 6.07) is 10.1. The molecule has 19 heavy (non-hydrogen) atoms. The molecule has 2 aromatic rings. The molecule has 1 heterocycles. The molecule has 0 unspecified atom stereocenters. The Hall–Kier alpha value is -2.20. The van der Waals surface area contributed by atoms with Gasteiger partial charge in [0.05, 0.1) is 18.1 Å². The molecule has 0 saturated heterocycles. The van der Waals surface area contributed by atoms with Crippen LogP contribution in [0.1, 0.15) is 11.3 Å². The van der Waals surface area contributed by atoms with Gasteiger partial charge >= 0.3 is 0 Å². The summed E-state index contributed by atoms with van der Waals surface area (Å²) in [4.78, 5) is 8.41. The zero-order chi connectivity index (χ0) is 13.3. The molecule has 0 amide bonds. The normalized spacial score (nSPS) is 10.8. The highest BCUT2D eigenvalue weighted by Crippen LogP contribution is 2.05. The second-order valence-electron chi connectivity index (χ2n) is 4.00. The van der Waals surface area contributed by atoms with Crippen LogP contribution in [0.5, 0.6) is 5.88 Å². The molecule has 0 aliphatic heterocycles. The number of nitrogens with one attached hydrogen (secondary N) is 1. The Kier molecular flexibility index (Phi) is 5.07. The quantitative estimate of drug-likeness (QED) is 0.860. The predicted octanol–water partition coefficient (Wildman–Crippen LogP) is 2.29. The van der Waals surface area contributed by atoms with E-state index in [0.29, 0.717) is 19.0 Å². The van der Waals surface area contributed by atoms with Crippen molar-refractivity contribution in [3.63, 3.8) is 0 Å². The SMILES string of the molecule is CNCc1cnc(OC/C=C/c2ccccc2)cn1. The van der Waals surface area contributed by atoms with Crippen molar-refractivity contribution in [1.82, 2.24) is 15.3 Å². The van der Waals surface area contributed by atoms with Gasteiger partial charge in [-0.05, 0) is 18.7 Å². The first kappa shape index (κ1) is 13.2. The highest BCUT2D eigenvalue weighted by atomic mass is 16.5. The van der Waals surface area contributed by atoms with Crippen molar-refractivity contribution in [3.05, 3.63) is 60.1 Å². The Balaban J connectivity index is 1.81. The molecule has 0 spiro atoms. The number of ether oxygens (including phenoxy) is 1. The van der Waals surface area contributed by atoms with E-state index in [1.54, 1.807) is 12.4 Å². The van der Waals surface area contributed by atoms with Gasteiger partial charge in [-0.1, -0.05) is 36.4 Å². The van der Waals surface area contributed by atoms with Gasteiger partial charge < -0.3 is 10.1 Å². The number of hydrogen-bond donors (Lipinski definition) is 1. The fourth-order valence-electron chi connectivity index (χ4n) is 1.57. The molecule has 98 valence electrons. The van der Waals surface area contributed by atoms with E-state index in [4.69, 9.17) is 4.74 Å². The van der Waals surface area contributed by atoms with Crippen molar-refractivity contribution >= 4 is 6.08 Å². The van der Waals surface area contributed by atoms with Gasteiger partial charge in [0.15, 0.2) is 0 Å². The van der Waals surface area contributed by atoms with Gasteiger partial charge in [-0.15, -0.1) is 0 Å². The van der Waals surface area contributed by atoms with Gasteiger partial charge in [0.25, 0.3) is 0 Å². The molecule has 4 heteroatoms. The summed E-state index contributed by atoms with van der Waals surface area (Å²) in [7, 11) is 1.88. The fraction of sp³-hybridized carbons (Fsp3) is 0.200. The summed E-state index contributed by atoms with van der Waals surface area (Å²) < 4.78 is 5.48. The largest absolute Gasteiger partial charge is 0.472 e. The first-order valence-electron chi connectivity index (χ1n) is 6.18. The van der Waals surface area contributed by atoms with Crippen LogP contribution in [0.3, 0.4) is 0 Å². The molecule has 0 saturated carbocycles. The van der Waals surface area contributed by atoms with Crippen LogP contribution in [0.15, 0.2) is 48.8 Å². The Morgan fingerprint density at radius 1 is 1.16 bits per heavy atom. The maximum Gasteiger partial charge on any atom is 0.232 e. The summed E-state index contributed by atoms with van der Waals surface area (Å²) in [5, 5.41) is 3.02. The Morgan fingerprint density at radius 2 is 2.00 bits per heavy atom. The molecule has 1 aromatic carbocycles. The minimum absolute atomic E-state index is 0.481. The van der Waals surface area contributed by atoms with Gasteiger partial charge in [-0.25, -0.2) is 4.98 Å². The lowest BCUT2D eigenvalue weighted by atomic mass is 10.2. The Labute approximate surface area is 113 Å². The number of aromatic nitrogens is 2. The topological polar surface area (TPSA) is 47.0 Å². The lowest BCUT2D eigenvalue weighted by molar-refractivity contribution is 0.346. The zero-order valence-corrected chi connectivity index (χ0v) is 10.9. The lowest BCUT2D eigenvalue weighted by Gasteiger charge is -2.02. The Bertz CT molecular complexity index is 509. The molecule has 0 radical (unpaired) electrons. The summed E-state index contributed by atoms with van der Waals surface area (Å²) in [6.07, 6.45) is 7.33. The van der Waals surface area contributed by atoms with Crippen LogP contribution >= 0.6 is 0 Å².